The number of fused-ring (bicyclic) bond motifs is 1. The van der Waals surface area contributed by atoms with Gasteiger partial charge in [-0.2, -0.15) is 0 Å². The summed E-state index contributed by atoms with van der Waals surface area (Å²) in [6.45, 7) is 3.83. The number of aromatic nitrogens is 2. The quantitative estimate of drug-likeness (QED) is 0.856. The summed E-state index contributed by atoms with van der Waals surface area (Å²) in [7, 11) is 1.57. The van der Waals surface area contributed by atoms with Crippen LogP contribution < -0.4 is 4.74 Å². The molecule has 2 fully saturated rings. The maximum absolute atomic E-state index is 11.3. The van der Waals surface area contributed by atoms with Crippen LogP contribution in [0.3, 0.4) is 0 Å². The zero-order valence-corrected chi connectivity index (χ0v) is 16.4. The second-order valence-corrected chi connectivity index (χ2v) is 8.10. The standard InChI is InChI=1S/C21H26N2O5/c1-21(2)27-18(12-7-9-13(10-8-12)20(24)25)19(28-21)14-5-4-6-15-17(14)23-16(26-3)11-22-15/h4-6,11-13,18-19H,7-10H2,1-3H3,(H,24,25)/t12-,13-,18-,19-/m1/s1. The van der Waals surface area contributed by atoms with E-state index in [4.69, 9.17) is 14.2 Å². The van der Waals surface area contributed by atoms with E-state index in [9.17, 15) is 9.90 Å². The molecule has 0 radical (unpaired) electrons. The predicted octanol–water partition coefficient (Wildman–Crippen LogP) is 3.72. The van der Waals surface area contributed by atoms with E-state index in [-0.39, 0.29) is 24.0 Å². The number of carboxylic acid groups (broad SMARTS) is 1. The molecular formula is C21H26N2O5. The number of hydrogen-bond donors (Lipinski definition) is 1. The van der Waals surface area contributed by atoms with Crippen LogP contribution in [0, 0.1) is 11.8 Å². The van der Waals surface area contributed by atoms with Crippen LogP contribution in [-0.2, 0) is 14.3 Å². The first kappa shape index (κ1) is 19.1. The second-order valence-electron chi connectivity index (χ2n) is 8.10. The number of benzene rings is 1. The molecule has 1 aromatic heterocycles. The van der Waals surface area contributed by atoms with E-state index < -0.39 is 11.8 Å². The summed E-state index contributed by atoms with van der Waals surface area (Å²) >= 11 is 0. The van der Waals surface area contributed by atoms with Crippen molar-refractivity contribution in [2.24, 2.45) is 11.8 Å². The van der Waals surface area contributed by atoms with Gasteiger partial charge in [0.2, 0.25) is 5.88 Å². The highest BCUT2D eigenvalue weighted by Gasteiger charge is 2.47. The van der Waals surface area contributed by atoms with Gasteiger partial charge in [0.15, 0.2) is 5.79 Å². The molecule has 28 heavy (non-hydrogen) atoms. The summed E-state index contributed by atoms with van der Waals surface area (Å²) in [6.07, 6.45) is 4.16. The van der Waals surface area contributed by atoms with Gasteiger partial charge in [-0.3, -0.25) is 4.79 Å². The Morgan fingerprint density at radius 3 is 2.64 bits per heavy atom. The highest BCUT2D eigenvalue weighted by Crippen LogP contribution is 2.47. The lowest BCUT2D eigenvalue weighted by Crippen LogP contribution is -2.32. The molecule has 0 unspecified atom stereocenters. The van der Waals surface area contributed by atoms with E-state index in [2.05, 4.69) is 9.97 Å². The fourth-order valence-corrected chi connectivity index (χ4v) is 4.44. The predicted molar refractivity (Wildman–Crippen MR) is 102 cm³/mol. The fourth-order valence-electron chi connectivity index (χ4n) is 4.44. The third-order valence-corrected chi connectivity index (χ3v) is 5.81. The molecule has 2 aliphatic rings. The third kappa shape index (κ3) is 3.56. The number of hydrogen-bond acceptors (Lipinski definition) is 6. The molecular weight excluding hydrogens is 360 g/mol. The molecule has 1 saturated carbocycles. The van der Waals surface area contributed by atoms with Crippen molar-refractivity contribution in [1.29, 1.82) is 0 Å². The van der Waals surface area contributed by atoms with Crippen molar-refractivity contribution in [3.8, 4) is 5.88 Å². The van der Waals surface area contributed by atoms with Crippen molar-refractivity contribution >= 4 is 17.0 Å². The Balaban J connectivity index is 1.67. The lowest BCUT2D eigenvalue weighted by molar-refractivity contribution is -0.154. The zero-order valence-electron chi connectivity index (χ0n) is 16.4. The Bertz CT molecular complexity index is 876. The smallest absolute Gasteiger partial charge is 0.306 e. The Morgan fingerprint density at radius 1 is 1.21 bits per heavy atom. The van der Waals surface area contributed by atoms with Gasteiger partial charge in [-0.15, -0.1) is 0 Å². The van der Waals surface area contributed by atoms with Crippen LogP contribution in [0.25, 0.3) is 11.0 Å². The highest BCUT2D eigenvalue weighted by molar-refractivity contribution is 5.78. The molecule has 7 nitrogen and oxygen atoms in total. The Morgan fingerprint density at radius 2 is 1.96 bits per heavy atom. The van der Waals surface area contributed by atoms with Crippen LogP contribution in [-0.4, -0.2) is 40.0 Å². The van der Waals surface area contributed by atoms with Crippen LogP contribution in [0.15, 0.2) is 24.4 Å². The molecule has 2 heterocycles. The second kappa shape index (κ2) is 7.29. The van der Waals surface area contributed by atoms with Crippen molar-refractivity contribution in [3.63, 3.8) is 0 Å². The summed E-state index contributed by atoms with van der Waals surface area (Å²) < 4.78 is 17.9. The minimum Gasteiger partial charge on any atom is -0.481 e. The molecule has 4 rings (SSSR count). The Labute approximate surface area is 164 Å². The largest absolute Gasteiger partial charge is 0.481 e. The van der Waals surface area contributed by atoms with Crippen LogP contribution in [0.2, 0.25) is 0 Å². The maximum Gasteiger partial charge on any atom is 0.306 e. The van der Waals surface area contributed by atoms with Crippen molar-refractivity contribution in [3.05, 3.63) is 30.0 Å². The van der Waals surface area contributed by atoms with Gasteiger partial charge in [-0.1, -0.05) is 12.1 Å². The van der Waals surface area contributed by atoms with Gasteiger partial charge in [0, 0.05) is 5.56 Å². The maximum atomic E-state index is 11.3. The summed E-state index contributed by atoms with van der Waals surface area (Å²) in [4.78, 5) is 20.3. The molecule has 7 heteroatoms. The molecule has 1 saturated heterocycles. The number of rotatable bonds is 4. The van der Waals surface area contributed by atoms with Gasteiger partial charge in [-0.25, -0.2) is 9.97 Å². The molecule has 1 N–H and O–H groups in total. The number of ether oxygens (including phenoxy) is 3. The van der Waals surface area contributed by atoms with E-state index in [0.717, 1.165) is 29.4 Å². The van der Waals surface area contributed by atoms with Crippen molar-refractivity contribution in [2.75, 3.05) is 7.11 Å². The van der Waals surface area contributed by atoms with E-state index >= 15 is 0 Å². The lowest BCUT2D eigenvalue weighted by atomic mass is 9.77. The van der Waals surface area contributed by atoms with Crippen LogP contribution in [0.1, 0.15) is 51.2 Å². The SMILES string of the molecule is COc1cnc2cccc([C@H]3OC(C)(C)O[C@@H]3[C@H]3CC[C@H](C(=O)O)CC3)c2n1. The van der Waals surface area contributed by atoms with Crippen molar-refractivity contribution in [1.82, 2.24) is 9.97 Å². The van der Waals surface area contributed by atoms with Crippen LogP contribution >= 0.6 is 0 Å². The van der Waals surface area contributed by atoms with E-state index in [1.54, 1.807) is 13.3 Å². The topological polar surface area (TPSA) is 90.8 Å². The number of aliphatic carboxylic acids is 1. The lowest BCUT2D eigenvalue weighted by Gasteiger charge is -2.32. The van der Waals surface area contributed by atoms with Crippen molar-refractivity contribution < 1.29 is 24.1 Å². The summed E-state index contributed by atoms with van der Waals surface area (Å²) in [5.74, 6) is -0.964. The van der Waals surface area contributed by atoms with Gasteiger partial charge < -0.3 is 19.3 Å². The van der Waals surface area contributed by atoms with Crippen LogP contribution in [0.5, 0.6) is 5.88 Å². The highest BCUT2D eigenvalue weighted by atomic mass is 16.8. The molecule has 2 atom stereocenters. The summed E-state index contributed by atoms with van der Waals surface area (Å²) in [5.41, 5.74) is 2.46. The molecule has 0 bridgehead atoms. The van der Waals surface area contributed by atoms with Gasteiger partial charge >= 0.3 is 5.97 Å². The van der Waals surface area contributed by atoms with E-state index in [0.29, 0.717) is 18.7 Å². The molecule has 0 amide bonds. The van der Waals surface area contributed by atoms with E-state index in [1.807, 2.05) is 32.0 Å². The molecule has 1 aliphatic heterocycles. The molecule has 150 valence electrons. The number of carboxylic acids is 1. The van der Waals surface area contributed by atoms with Crippen LogP contribution in [0.4, 0.5) is 0 Å². The minimum atomic E-state index is -0.715. The number of methoxy groups -OCH3 is 1. The molecule has 0 spiro atoms. The number of carbonyl (C=O) groups is 1. The molecule has 1 aliphatic carbocycles. The number of nitrogens with zero attached hydrogens (tertiary/aromatic N) is 2. The monoisotopic (exact) mass is 386 g/mol. The normalized spacial score (nSPS) is 29.7. The van der Waals surface area contributed by atoms with E-state index in [1.165, 1.54) is 0 Å². The van der Waals surface area contributed by atoms with Crippen molar-refractivity contribution in [2.45, 2.75) is 57.5 Å². The molecule has 1 aromatic carbocycles. The summed E-state index contributed by atoms with van der Waals surface area (Å²) in [6, 6.07) is 5.87. The van der Waals surface area contributed by atoms with Gasteiger partial charge in [0.25, 0.3) is 0 Å². The first-order valence-electron chi connectivity index (χ1n) is 9.76. The fraction of sp³-hybridized carbons (Fsp3) is 0.571. The number of para-hydroxylation sites is 1. The Hall–Kier alpha value is -2.25. The molecule has 2 aromatic rings. The third-order valence-electron chi connectivity index (χ3n) is 5.81. The minimum absolute atomic E-state index is 0.150. The summed E-state index contributed by atoms with van der Waals surface area (Å²) in [5, 5.41) is 9.29. The zero-order chi connectivity index (χ0) is 19.9. The first-order valence-corrected chi connectivity index (χ1v) is 9.76. The average Bonchev–Trinajstić information content (AvgIpc) is 3.02. The Kier molecular flexibility index (Phi) is 4.97. The average molecular weight is 386 g/mol. The van der Waals surface area contributed by atoms with Gasteiger partial charge in [0.05, 0.1) is 36.4 Å². The first-order chi connectivity index (χ1) is 13.4. The van der Waals surface area contributed by atoms with Gasteiger partial charge in [0.1, 0.15) is 6.10 Å². The van der Waals surface area contributed by atoms with Gasteiger partial charge in [-0.05, 0) is 51.5 Å².